The van der Waals surface area contributed by atoms with Crippen LogP contribution in [0.3, 0.4) is 0 Å². The van der Waals surface area contributed by atoms with E-state index in [0.29, 0.717) is 0 Å². The van der Waals surface area contributed by atoms with Gasteiger partial charge in [0.1, 0.15) is 0 Å². The van der Waals surface area contributed by atoms with E-state index in [2.05, 4.69) is 22.4 Å². The molecule has 0 unspecified atom stereocenters. The number of aryl methyl sites for hydroxylation is 1. The summed E-state index contributed by atoms with van der Waals surface area (Å²) in [7, 11) is 4.06. The van der Waals surface area contributed by atoms with Gasteiger partial charge in [-0.25, -0.2) is 0 Å². The second-order valence-corrected chi connectivity index (χ2v) is 3.63. The third-order valence-electron chi connectivity index (χ3n) is 2.07. The van der Waals surface area contributed by atoms with E-state index in [-0.39, 0.29) is 0 Å². The van der Waals surface area contributed by atoms with Gasteiger partial charge in [-0.15, -0.1) is 0 Å². The fraction of sp³-hybridized carbons (Fsp3) is 0.700. The quantitative estimate of drug-likeness (QED) is 0.691. The minimum Gasteiger partial charge on any atom is -0.360 e. The SMILES string of the molecule is CNCCCN(C)Cc1cc(C)no1. The lowest BCUT2D eigenvalue weighted by molar-refractivity contribution is 0.269. The van der Waals surface area contributed by atoms with E-state index in [1.807, 2.05) is 20.0 Å². The van der Waals surface area contributed by atoms with Crippen LogP contribution < -0.4 is 5.32 Å². The Morgan fingerprint density at radius 1 is 1.57 bits per heavy atom. The highest BCUT2D eigenvalue weighted by Crippen LogP contribution is 2.05. The average Bonchev–Trinajstić information content (AvgIpc) is 2.52. The molecule has 4 heteroatoms. The summed E-state index contributed by atoms with van der Waals surface area (Å²) in [5.41, 5.74) is 0.948. The summed E-state index contributed by atoms with van der Waals surface area (Å²) in [6.45, 7) is 4.90. The van der Waals surface area contributed by atoms with E-state index >= 15 is 0 Å². The van der Waals surface area contributed by atoms with Crippen molar-refractivity contribution in [3.63, 3.8) is 0 Å². The number of rotatable bonds is 6. The second kappa shape index (κ2) is 5.78. The zero-order valence-corrected chi connectivity index (χ0v) is 9.21. The van der Waals surface area contributed by atoms with Crippen LogP contribution in [0.4, 0.5) is 0 Å². The molecule has 0 spiro atoms. The molecule has 1 rings (SSSR count). The van der Waals surface area contributed by atoms with Crippen LogP contribution >= 0.6 is 0 Å². The third kappa shape index (κ3) is 3.89. The first-order valence-electron chi connectivity index (χ1n) is 4.97. The Balaban J connectivity index is 2.23. The highest BCUT2D eigenvalue weighted by atomic mass is 16.5. The number of nitrogens with one attached hydrogen (secondary N) is 1. The maximum Gasteiger partial charge on any atom is 0.150 e. The predicted molar refractivity (Wildman–Crippen MR) is 56.1 cm³/mol. The molecule has 80 valence electrons. The van der Waals surface area contributed by atoms with Gasteiger partial charge in [0.2, 0.25) is 0 Å². The van der Waals surface area contributed by atoms with Crippen molar-refractivity contribution < 1.29 is 4.52 Å². The van der Waals surface area contributed by atoms with Gasteiger partial charge in [-0.2, -0.15) is 0 Å². The molecule has 1 aromatic heterocycles. The standard InChI is InChI=1S/C10H19N3O/c1-9-7-10(14-12-9)8-13(3)6-4-5-11-2/h7,11H,4-6,8H2,1-3H3. The summed E-state index contributed by atoms with van der Waals surface area (Å²) in [6.07, 6.45) is 1.15. The molecule has 0 aliphatic carbocycles. The molecule has 0 fully saturated rings. The maximum absolute atomic E-state index is 5.13. The summed E-state index contributed by atoms with van der Waals surface area (Å²) >= 11 is 0. The Morgan fingerprint density at radius 2 is 2.36 bits per heavy atom. The van der Waals surface area contributed by atoms with Gasteiger partial charge in [0.05, 0.1) is 12.2 Å². The first-order valence-corrected chi connectivity index (χ1v) is 4.97. The molecule has 1 N–H and O–H groups in total. The molecule has 14 heavy (non-hydrogen) atoms. The van der Waals surface area contributed by atoms with E-state index in [0.717, 1.165) is 37.5 Å². The molecule has 4 nitrogen and oxygen atoms in total. The van der Waals surface area contributed by atoms with Crippen molar-refractivity contribution in [1.82, 2.24) is 15.4 Å². The highest BCUT2D eigenvalue weighted by Gasteiger charge is 2.04. The van der Waals surface area contributed by atoms with E-state index < -0.39 is 0 Å². The smallest absolute Gasteiger partial charge is 0.150 e. The highest BCUT2D eigenvalue weighted by molar-refractivity contribution is 5.02. The van der Waals surface area contributed by atoms with E-state index in [4.69, 9.17) is 4.52 Å². The summed E-state index contributed by atoms with van der Waals surface area (Å²) in [6, 6.07) is 1.98. The van der Waals surface area contributed by atoms with Crippen molar-refractivity contribution in [2.24, 2.45) is 0 Å². The van der Waals surface area contributed by atoms with Crippen LogP contribution in [-0.4, -0.2) is 37.2 Å². The molecule has 0 atom stereocenters. The fourth-order valence-corrected chi connectivity index (χ4v) is 1.36. The lowest BCUT2D eigenvalue weighted by Crippen LogP contribution is -2.22. The molecule has 0 amide bonds. The van der Waals surface area contributed by atoms with Crippen LogP contribution in [0.25, 0.3) is 0 Å². The van der Waals surface area contributed by atoms with E-state index in [9.17, 15) is 0 Å². The van der Waals surface area contributed by atoms with Gasteiger partial charge in [-0.05, 0) is 40.5 Å². The summed E-state index contributed by atoms with van der Waals surface area (Å²) in [4.78, 5) is 2.23. The molecule has 0 radical (unpaired) electrons. The first kappa shape index (κ1) is 11.2. The lowest BCUT2D eigenvalue weighted by atomic mass is 10.3. The van der Waals surface area contributed by atoms with Gasteiger partial charge in [-0.1, -0.05) is 5.16 Å². The summed E-state index contributed by atoms with van der Waals surface area (Å²) in [5.74, 6) is 0.939. The number of nitrogens with zero attached hydrogens (tertiary/aromatic N) is 2. The van der Waals surface area contributed by atoms with Gasteiger partial charge < -0.3 is 9.84 Å². The largest absolute Gasteiger partial charge is 0.360 e. The molecule has 0 bridgehead atoms. The number of aromatic nitrogens is 1. The van der Waals surface area contributed by atoms with Crippen molar-refractivity contribution in [1.29, 1.82) is 0 Å². The van der Waals surface area contributed by atoms with Gasteiger partial charge in [-0.3, -0.25) is 4.90 Å². The second-order valence-electron chi connectivity index (χ2n) is 3.63. The Hall–Kier alpha value is -0.870. The molecule has 0 aliphatic heterocycles. The Bertz CT molecular complexity index is 260. The average molecular weight is 197 g/mol. The van der Waals surface area contributed by atoms with Crippen LogP contribution in [0, 0.1) is 6.92 Å². The Labute approximate surface area is 85.3 Å². The molecule has 0 saturated carbocycles. The summed E-state index contributed by atoms with van der Waals surface area (Å²) < 4.78 is 5.13. The molecule has 1 heterocycles. The summed E-state index contributed by atoms with van der Waals surface area (Å²) in [5, 5.41) is 6.98. The van der Waals surface area contributed by atoms with Gasteiger partial charge in [0.15, 0.2) is 5.76 Å². The number of hydrogen-bond acceptors (Lipinski definition) is 4. The van der Waals surface area contributed by atoms with Crippen molar-refractivity contribution in [2.45, 2.75) is 19.9 Å². The normalized spacial score (nSPS) is 11.1. The predicted octanol–water partition coefficient (Wildman–Crippen LogP) is 1.02. The third-order valence-corrected chi connectivity index (χ3v) is 2.07. The zero-order valence-electron chi connectivity index (χ0n) is 9.21. The topological polar surface area (TPSA) is 41.3 Å². The van der Waals surface area contributed by atoms with E-state index in [1.54, 1.807) is 0 Å². The molecule has 0 aromatic carbocycles. The molecular formula is C10H19N3O. The van der Waals surface area contributed by atoms with Crippen LogP contribution in [-0.2, 0) is 6.54 Å². The molecule has 0 aliphatic rings. The van der Waals surface area contributed by atoms with Crippen molar-refractivity contribution >= 4 is 0 Å². The molecule has 0 saturated heterocycles. The van der Waals surface area contributed by atoms with Crippen LogP contribution in [0.1, 0.15) is 17.9 Å². The lowest BCUT2D eigenvalue weighted by Gasteiger charge is -2.13. The van der Waals surface area contributed by atoms with Gasteiger partial charge >= 0.3 is 0 Å². The van der Waals surface area contributed by atoms with Crippen molar-refractivity contribution in [2.75, 3.05) is 27.2 Å². The first-order chi connectivity index (χ1) is 6.72. The number of hydrogen-bond donors (Lipinski definition) is 1. The maximum atomic E-state index is 5.13. The van der Waals surface area contributed by atoms with Crippen molar-refractivity contribution in [3.8, 4) is 0 Å². The van der Waals surface area contributed by atoms with Crippen molar-refractivity contribution in [3.05, 3.63) is 17.5 Å². The van der Waals surface area contributed by atoms with Crippen LogP contribution in [0.5, 0.6) is 0 Å². The van der Waals surface area contributed by atoms with Crippen LogP contribution in [0.2, 0.25) is 0 Å². The zero-order chi connectivity index (χ0) is 10.4. The minimum atomic E-state index is 0.838. The Morgan fingerprint density at radius 3 is 2.93 bits per heavy atom. The Kier molecular flexibility index (Phi) is 4.62. The van der Waals surface area contributed by atoms with Gasteiger partial charge in [0.25, 0.3) is 0 Å². The molecule has 1 aromatic rings. The fourth-order valence-electron chi connectivity index (χ4n) is 1.36. The van der Waals surface area contributed by atoms with E-state index in [1.165, 1.54) is 0 Å². The molecular weight excluding hydrogens is 178 g/mol. The van der Waals surface area contributed by atoms with Crippen LogP contribution in [0.15, 0.2) is 10.6 Å². The monoisotopic (exact) mass is 197 g/mol. The van der Waals surface area contributed by atoms with Gasteiger partial charge in [0, 0.05) is 6.07 Å². The minimum absolute atomic E-state index is 0.838.